The number of carbonyl (C=O) groups excluding carboxylic acids is 3. The predicted molar refractivity (Wildman–Crippen MR) is 130 cm³/mol. The van der Waals surface area contributed by atoms with Crippen molar-refractivity contribution < 1.29 is 23.9 Å². The Bertz CT molecular complexity index is 1220. The minimum Gasteiger partial charge on any atom is -0.462 e. The largest absolute Gasteiger partial charge is 0.462 e. The van der Waals surface area contributed by atoms with E-state index in [0.29, 0.717) is 15.5 Å². The van der Waals surface area contributed by atoms with E-state index in [0.717, 1.165) is 27.0 Å². The summed E-state index contributed by atoms with van der Waals surface area (Å²) in [4.78, 5) is 39.0. The summed E-state index contributed by atoms with van der Waals surface area (Å²) in [5.74, 6) is -1.65. The minimum atomic E-state index is -0.705. The van der Waals surface area contributed by atoms with Gasteiger partial charge in [-0.1, -0.05) is 23.7 Å². The number of nitrogens with one attached hydrogen (secondary N) is 1. The van der Waals surface area contributed by atoms with Crippen molar-refractivity contribution in [2.75, 3.05) is 11.9 Å². The van der Waals surface area contributed by atoms with Gasteiger partial charge < -0.3 is 14.8 Å². The Morgan fingerprint density at radius 1 is 1.06 bits per heavy atom. The minimum absolute atomic E-state index is 0.138. The summed E-state index contributed by atoms with van der Waals surface area (Å²) in [6.45, 7) is 10.7. The number of benzene rings is 1. The maximum absolute atomic E-state index is 13.1. The van der Waals surface area contributed by atoms with Crippen molar-refractivity contribution >= 4 is 67.2 Å². The molecule has 2 heterocycles. The first-order valence-corrected chi connectivity index (χ1v) is 12.0. The fourth-order valence-corrected chi connectivity index (χ4v) is 5.62. The number of amides is 1. The van der Waals surface area contributed by atoms with Gasteiger partial charge in [-0.25, -0.2) is 9.59 Å². The Labute approximate surface area is 199 Å². The molecule has 3 rings (SSSR count). The highest BCUT2D eigenvalue weighted by atomic mass is 35.5. The molecule has 0 aliphatic carbocycles. The van der Waals surface area contributed by atoms with Crippen molar-refractivity contribution in [2.45, 2.75) is 47.1 Å². The second kappa shape index (κ2) is 9.21. The van der Waals surface area contributed by atoms with Gasteiger partial charge >= 0.3 is 11.9 Å². The van der Waals surface area contributed by atoms with Crippen LogP contribution >= 0.6 is 34.3 Å². The number of carbonyl (C=O) groups is 3. The van der Waals surface area contributed by atoms with Crippen molar-refractivity contribution in [3.63, 3.8) is 0 Å². The van der Waals surface area contributed by atoms with Crippen molar-refractivity contribution in [1.29, 1.82) is 0 Å². The molecule has 1 aromatic carbocycles. The van der Waals surface area contributed by atoms with Gasteiger partial charge in [0.15, 0.2) is 0 Å². The van der Waals surface area contributed by atoms with Gasteiger partial charge in [0.25, 0.3) is 5.91 Å². The molecule has 0 aliphatic heterocycles. The van der Waals surface area contributed by atoms with E-state index in [1.54, 1.807) is 34.6 Å². The van der Waals surface area contributed by atoms with Crippen LogP contribution in [0.2, 0.25) is 5.02 Å². The molecule has 170 valence electrons. The van der Waals surface area contributed by atoms with Crippen LogP contribution in [0.4, 0.5) is 5.00 Å². The lowest BCUT2D eigenvalue weighted by Crippen LogP contribution is -2.23. The van der Waals surface area contributed by atoms with Gasteiger partial charge in [0, 0.05) is 10.1 Å². The highest BCUT2D eigenvalue weighted by molar-refractivity contribution is 7.22. The Morgan fingerprint density at radius 3 is 2.38 bits per heavy atom. The third kappa shape index (κ3) is 4.98. The zero-order valence-electron chi connectivity index (χ0n) is 18.7. The molecule has 3 aromatic rings. The Kier molecular flexibility index (Phi) is 6.97. The molecule has 0 saturated carbocycles. The van der Waals surface area contributed by atoms with E-state index >= 15 is 0 Å². The van der Waals surface area contributed by atoms with E-state index in [4.69, 9.17) is 21.1 Å². The van der Waals surface area contributed by atoms with E-state index in [1.807, 2.05) is 25.1 Å². The van der Waals surface area contributed by atoms with Gasteiger partial charge in [0.1, 0.15) is 20.4 Å². The monoisotopic (exact) mass is 493 g/mol. The summed E-state index contributed by atoms with van der Waals surface area (Å²) in [6, 6.07) is 5.76. The quantitative estimate of drug-likeness (QED) is 0.404. The molecule has 1 amide bonds. The predicted octanol–water partition coefficient (Wildman–Crippen LogP) is 6.62. The number of ether oxygens (including phenoxy) is 2. The summed E-state index contributed by atoms with van der Waals surface area (Å²) in [7, 11) is 0. The lowest BCUT2D eigenvalue weighted by molar-refractivity contribution is 0.00744. The van der Waals surface area contributed by atoms with Crippen LogP contribution in [-0.4, -0.2) is 30.1 Å². The van der Waals surface area contributed by atoms with Gasteiger partial charge in [-0.3, -0.25) is 4.79 Å². The second-order valence-electron chi connectivity index (χ2n) is 8.18. The topological polar surface area (TPSA) is 81.7 Å². The van der Waals surface area contributed by atoms with Crippen molar-refractivity contribution in [3.05, 3.63) is 49.7 Å². The van der Waals surface area contributed by atoms with Crippen LogP contribution in [0, 0.1) is 13.8 Å². The number of halogens is 1. The lowest BCUT2D eigenvalue weighted by atomic mass is 10.1. The first-order valence-electron chi connectivity index (χ1n) is 9.96. The number of rotatable bonds is 5. The first-order chi connectivity index (χ1) is 14.9. The zero-order chi connectivity index (χ0) is 23.8. The van der Waals surface area contributed by atoms with Crippen LogP contribution in [0.3, 0.4) is 0 Å². The van der Waals surface area contributed by atoms with Crippen LogP contribution in [0.25, 0.3) is 10.1 Å². The maximum Gasteiger partial charge on any atom is 0.349 e. The van der Waals surface area contributed by atoms with Crippen LogP contribution in [0.5, 0.6) is 0 Å². The van der Waals surface area contributed by atoms with Crippen molar-refractivity contribution in [1.82, 2.24) is 0 Å². The van der Waals surface area contributed by atoms with Gasteiger partial charge in [0.05, 0.1) is 17.2 Å². The number of thiophene rings is 2. The summed E-state index contributed by atoms with van der Waals surface area (Å²) in [6.07, 6.45) is 0. The summed E-state index contributed by atoms with van der Waals surface area (Å²) in [5.41, 5.74) is 0.891. The number of anilines is 1. The molecule has 0 bridgehead atoms. The Hall–Kier alpha value is -2.42. The molecule has 0 atom stereocenters. The van der Waals surface area contributed by atoms with Crippen LogP contribution in [-0.2, 0) is 9.47 Å². The van der Waals surface area contributed by atoms with Crippen LogP contribution in [0.1, 0.15) is 68.5 Å². The highest BCUT2D eigenvalue weighted by Gasteiger charge is 2.30. The molecular weight excluding hydrogens is 470 g/mol. The van der Waals surface area contributed by atoms with Crippen molar-refractivity contribution in [3.8, 4) is 0 Å². The third-order valence-electron chi connectivity index (χ3n) is 4.43. The van der Waals surface area contributed by atoms with Crippen LogP contribution in [0.15, 0.2) is 18.2 Å². The normalized spacial score (nSPS) is 11.5. The molecule has 1 N–H and O–H groups in total. The number of aryl methyl sites for hydroxylation is 1. The molecule has 0 spiro atoms. The molecule has 6 nitrogen and oxygen atoms in total. The maximum atomic E-state index is 13.1. The molecule has 9 heteroatoms. The number of hydrogen-bond acceptors (Lipinski definition) is 7. The van der Waals surface area contributed by atoms with Crippen LogP contribution < -0.4 is 5.32 Å². The average molecular weight is 494 g/mol. The lowest BCUT2D eigenvalue weighted by Gasteiger charge is -2.19. The summed E-state index contributed by atoms with van der Waals surface area (Å²) < 4.78 is 11.5. The number of esters is 2. The molecule has 0 unspecified atom stereocenters. The Balaban J connectivity index is 2.02. The second-order valence-corrected chi connectivity index (χ2v) is 10.6. The van der Waals surface area contributed by atoms with E-state index < -0.39 is 23.4 Å². The first kappa shape index (κ1) is 24.2. The fourth-order valence-electron chi connectivity index (χ4n) is 3.05. The molecule has 0 radical (unpaired) electrons. The van der Waals surface area contributed by atoms with Gasteiger partial charge in [0.2, 0.25) is 0 Å². The SMILES string of the molecule is CCOC(=O)c1c(NC(=O)c2sc3cc(C)ccc3c2Cl)sc(C(=O)OC(C)(C)C)c1C. The number of fused-ring (bicyclic) bond motifs is 1. The Morgan fingerprint density at radius 2 is 1.75 bits per heavy atom. The fraction of sp³-hybridized carbons (Fsp3) is 0.348. The smallest absolute Gasteiger partial charge is 0.349 e. The number of hydrogen-bond donors (Lipinski definition) is 1. The molecule has 0 aliphatic rings. The average Bonchev–Trinajstić information content (AvgIpc) is 3.17. The van der Waals surface area contributed by atoms with E-state index in [9.17, 15) is 14.4 Å². The summed E-state index contributed by atoms with van der Waals surface area (Å²) >= 11 is 8.72. The standard InChI is InChI=1S/C23H24ClNO5S2/c1-7-29-21(27)15-12(3)17(22(28)30-23(4,5)6)32-20(15)25-19(26)18-16(24)13-9-8-11(2)10-14(13)31-18/h8-10H,7H2,1-6H3,(H,25,26). The molecule has 0 saturated heterocycles. The molecular formula is C23H24ClNO5S2. The zero-order valence-corrected chi connectivity index (χ0v) is 21.1. The summed E-state index contributed by atoms with van der Waals surface area (Å²) in [5, 5.41) is 4.11. The highest BCUT2D eigenvalue weighted by Crippen LogP contribution is 2.39. The van der Waals surface area contributed by atoms with Gasteiger partial charge in [-0.15, -0.1) is 22.7 Å². The van der Waals surface area contributed by atoms with E-state index in [-0.39, 0.29) is 22.0 Å². The van der Waals surface area contributed by atoms with E-state index in [1.165, 1.54) is 11.3 Å². The van der Waals surface area contributed by atoms with E-state index in [2.05, 4.69) is 5.32 Å². The van der Waals surface area contributed by atoms with Crippen molar-refractivity contribution in [2.24, 2.45) is 0 Å². The molecule has 32 heavy (non-hydrogen) atoms. The third-order valence-corrected chi connectivity index (χ3v) is 7.27. The van der Waals surface area contributed by atoms with Gasteiger partial charge in [-0.2, -0.15) is 0 Å². The molecule has 2 aromatic heterocycles. The molecule has 0 fully saturated rings. The van der Waals surface area contributed by atoms with Gasteiger partial charge in [-0.05, 0) is 58.7 Å².